The fraction of sp³-hybridized carbons (Fsp3) is 0.875. The number of hydrogen-bond acceptors (Lipinski definition) is 1. The summed E-state index contributed by atoms with van der Waals surface area (Å²) < 4.78 is 0. The zero-order chi connectivity index (χ0) is 7.19. The standard InChI is InChI=1S/C8H13NO/c1-8-5-3-2-4-6(8)9-7(8)10/h6H,2-5H2,1H3,(H,9,10). The topological polar surface area (TPSA) is 29.1 Å². The molecule has 1 saturated carbocycles. The number of hydrogen-bond donors (Lipinski definition) is 1. The molecule has 10 heavy (non-hydrogen) atoms. The van der Waals surface area contributed by atoms with Crippen LogP contribution < -0.4 is 5.32 Å². The fourth-order valence-electron chi connectivity index (χ4n) is 2.08. The van der Waals surface area contributed by atoms with Crippen LogP contribution in [-0.2, 0) is 4.79 Å². The van der Waals surface area contributed by atoms with Gasteiger partial charge in [-0.3, -0.25) is 4.79 Å². The number of fused-ring (bicyclic) bond motifs is 1. The lowest BCUT2D eigenvalue weighted by atomic mass is 9.65. The highest BCUT2D eigenvalue weighted by Gasteiger charge is 2.51. The van der Waals surface area contributed by atoms with Crippen molar-refractivity contribution >= 4 is 5.91 Å². The molecule has 0 aromatic carbocycles. The lowest BCUT2D eigenvalue weighted by Crippen LogP contribution is -2.66. The van der Waals surface area contributed by atoms with Crippen molar-refractivity contribution in [2.75, 3.05) is 0 Å². The second-order valence-electron chi connectivity index (χ2n) is 3.69. The van der Waals surface area contributed by atoms with Gasteiger partial charge >= 0.3 is 0 Å². The van der Waals surface area contributed by atoms with Crippen LogP contribution in [0.5, 0.6) is 0 Å². The van der Waals surface area contributed by atoms with Crippen molar-refractivity contribution in [1.82, 2.24) is 5.32 Å². The van der Waals surface area contributed by atoms with E-state index in [4.69, 9.17) is 0 Å². The minimum atomic E-state index is 0.0260. The Balaban J connectivity index is 2.15. The normalized spacial score (nSPS) is 45.3. The molecule has 1 heterocycles. The minimum Gasteiger partial charge on any atom is -0.352 e. The Morgan fingerprint density at radius 3 is 2.90 bits per heavy atom. The summed E-state index contributed by atoms with van der Waals surface area (Å²) in [6.45, 7) is 2.09. The number of nitrogens with one attached hydrogen (secondary N) is 1. The maximum atomic E-state index is 11.1. The molecular weight excluding hydrogens is 126 g/mol. The smallest absolute Gasteiger partial charge is 0.228 e. The second kappa shape index (κ2) is 1.74. The summed E-state index contributed by atoms with van der Waals surface area (Å²) in [7, 11) is 0. The second-order valence-corrected chi connectivity index (χ2v) is 3.69. The van der Waals surface area contributed by atoms with E-state index >= 15 is 0 Å². The molecular formula is C8H13NO. The van der Waals surface area contributed by atoms with Crippen LogP contribution in [0, 0.1) is 5.41 Å². The van der Waals surface area contributed by atoms with Crippen molar-refractivity contribution in [3.8, 4) is 0 Å². The molecule has 2 nitrogen and oxygen atoms in total. The van der Waals surface area contributed by atoms with E-state index < -0.39 is 0 Å². The van der Waals surface area contributed by atoms with Crippen LogP contribution >= 0.6 is 0 Å². The number of amides is 1. The first-order chi connectivity index (χ1) is 4.73. The molecule has 0 radical (unpaired) electrons. The first-order valence-electron chi connectivity index (χ1n) is 4.04. The zero-order valence-corrected chi connectivity index (χ0v) is 6.31. The third kappa shape index (κ3) is 0.568. The highest BCUT2D eigenvalue weighted by Crippen LogP contribution is 2.42. The Hall–Kier alpha value is -0.530. The largest absolute Gasteiger partial charge is 0.352 e. The van der Waals surface area contributed by atoms with Gasteiger partial charge in [0, 0.05) is 6.04 Å². The average molecular weight is 139 g/mol. The van der Waals surface area contributed by atoms with Crippen molar-refractivity contribution in [2.45, 2.75) is 38.6 Å². The fourth-order valence-corrected chi connectivity index (χ4v) is 2.08. The SMILES string of the molecule is CC12CCCCC1NC2=O. The molecule has 2 heteroatoms. The monoisotopic (exact) mass is 139 g/mol. The van der Waals surface area contributed by atoms with E-state index in [1.54, 1.807) is 0 Å². The summed E-state index contributed by atoms with van der Waals surface area (Å²) in [5.41, 5.74) is 0.0260. The van der Waals surface area contributed by atoms with Gasteiger partial charge in [0.15, 0.2) is 0 Å². The number of carbonyl (C=O) groups excluding carboxylic acids is 1. The van der Waals surface area contributed by atoms with Crippen molar-refractivity contribution < 1.29 is 4.79 Å². The molecule has 2 aliphatic rings. The van der Waals surface area contributed by atoms with Gasteiger partial charge in [-0.05, 0) is 19.8 Å². The van der Waals surface area contributed by atoms with Crippen LogP contribution in [-0.4, -0.2) is 11.9 Å². The maximum absolute atomic E-state index is 11.1. The summed E-state index contributed by atoms with van der Waals surface area (Å²) in [5, 5.41) is 2.95. The molecule has 56 valence electrons. The molecule has 0 bridgehead atoms. The lowest BCUT2D eigenvalue weighted by molar-refractivity contribution is -0.147. The predicted molar refractivity (Wildman–Crippen MR) is 38.5 cm³/mol. The van der Waals surface area contributed by atoms with Gasteiger partial charge in [0.1, 0.15) is 0 Å². The zero-order valence-electron chi connectivity index (χ0n) is 6.31. The molecule has 0 aromatic heterocycles. The summed E-state index contributed by atoms with van der Waals surface area (Å²) in [6.07, 6.45) is 4.83. The van der Waals surface area contributed by atoms with Gasteiger partial charge in [-0.25, -0.2) is 0 Å². The molecule has 1 N–H and O–H groups in total. The Labute approximate surface area is 61.0 Å². The molecule has 2 unspecified atom stereocenters. The Kier molecular flexibility index (Phi) is 1.08. The Bertz CT molecular complexity index is 178. The van der Waals surface area contributed by atoms with Gasteiger partial charge < -0.3 is 5.32 Å². The van der Waals surface area contributed by atoms with Crippen LogP contribution in [0.4, 0.5) is 0 Å². The molecule has 2 atom stereocenters. The molecule has 0 aromatic rings. The van der Waals surface area contributed by atoms with Gasteiger partial charge in [-0.15, -0.1) is 0 Å². The first-order valence-corrected chi connectivity index (χ1v) is 4.04. The molecule has 2 fully saturated rings. The van der Waals surface area contributed by atoms with E-state index in [0.717, 1.165) is 6.42 Å². The van der Waals surface area contributed by atoms with Crippen LogP contribution in [0.25, 0.3) is 0 Å². The van der Waals surface area contributed by atoms with Crippen LogP contribution in [0.1, 0.15) is 32.6 Å². The molecule has 1 amide bonds. The van der Waals surface area contributed by atoms with E-state index in [1.807, 2.05) is 0 Å². The first kappa shape index (κ1) is 6.20. The van der Waals surface area contributed by atoms with Crippen LogP contribution in [0.2, 0.25) is 0 Å². The van der Waals surface area contributed by atoms with Gasteiger partial charge in [-0.1, -0.05) is 12.8 Å². The molecule has 0 spiro atoms. The van der Waals surface area contributed by atoms with Crippen LogP contribution in [0.3, 0.4) is 0 Å². The van der Waals surface area contributed by atoms with Gasteiger partial charge in [0.2, 0.25) is 5.91 Å². The quantitative estimate of drug-likeness (QED) is 0.500. The summed E-state index contributed by atoms with van der Waals surface area (Å²) in [4.78, 5) is 11.1. The Morgan fingerprint density at radius 1 is 1.60 bits per heavy atom. The maximum Gasteiger partial charge on any atom is 0.228 e. The van der Waals surface area contributed by atoms with Crippen molar-refractivity contribution in [2.24, 2.45) is 5.41 Å². The van der Waals surface area contributed by atoms with Gasteiger partial charge in [0.25, 0.3) is 0 Å². The third-order valence-electron chi connectivity index (χ3n) is 3.03. The third-order valence-corrected chi connectivity index (χ3v) is 3.03. The van der Waals surface area contributed by atoms with E-state index in [1.165, 1.54) is 19.3 Å². The molecule has 2 rings (SSSR count). The average Bonchev–Trinajstić information content (AvgIpc) is 1.93. The number of β-lactam (4-membered cyclic amide) rings is 1. The molecule has 1 aliphatic carbocycles. The van der Waals surface area contributed by atoms with Crippen molar-refractivity contribution in [3.05, 3.63) is 0 Å². The lowest BCUT2D eigenvalue weighted by Gasteiger charge is -2.49. The van der Waals surface area contributed by atoms with E-state index in [0.29, 0.717) is 6.04 Å². The molecule has 1 aliphatic heterocycles. The van der Waals surface area contributed by atoms with Crippen molar-refractivity contribution in [1.29, 1.82) is 0 Å². The van der Waals surface area contributed by atoms with E-state index in [-0.39, 0.29) is 11.3 Å². The van der Waals surface area contributed by atoms with E-state index in [2.05, 4.69) is 12.2 Å². The van der Waals surface area contributed by atoms with E-state index in [9.17, 15) is 4.79 Å². The summed E-state index contributed by atoms with van der Waals surface area (Å²) >= 11 is 0. The summed E-state index contributed by atoms with van der Waals surface area (Å²) in [5.74, 6) is 0.275. The molecule has 1 saturated heterocycles. The number of carbonyl (C=O) groups is 1. The van der Waals surface area contributed by atoms with Gasteiger partial charge in [-0.2, -0.15) is 0 Å². The number of rotatable bonds is 0. The Morgan fingerprint density at radius 2 is 2.40 bits per heavy atom. The highest BCUT2D eigenvalue weighted by molar-refractivity contribution is 5.89. The highest BCUT2D eigenvalue weighted by atomic mass is 16.2. The predicted octanol–water partition coefficient (Wildman–Crippen LogP) is 1.07. The van der Waals surface area contributed by atoms with Gasteiger partial charge in [0.05, 0.1) is 5.41 Å². The van der Waals surface area contributed by atoms with Crippen LogP contribution in [0.15, 0.2) is 0 Å². The van der Waals surface area contributed by atoms with Crippen molar-refractivity contribution in [3.63, 3.8) is 0 Å². The summed E-state index contributed by atoms with van der Waals surface area (Å²) in [6, 6.07) is 0.508. The minimum absolute atomic E-state index is 0.0260.